The number of rotatable bonds is 2. The van der Waals surface area contributed by atoms with Gasteiger partial charge in [0, 0.05) is 5.92 Å². The summed E-state index contributed by atoms with van der Waals surface area (Å²) in [6.45, 7) is 11.7. The van der Waals surface area contributed by atoms with E-state index in [1.165, 1.54) is 25.7 Å². The Morgan fingerprint density at radius 2 is 1.84 bits per heavy atom. The molecule has 3 fully saturated rings. The molecule has 0 bridgehead atoms. The van der Waals surface area contributed by atoms with E-state index in [9.17, 15) is 5.11 Å². The Labute approximate surface area is 119 Å². The van der Waals surface area contributed by atoms with Crippen LogP contribution in [0.4, 0.5) is 0 Å². The molecule has 2 nitrogen and oxygen atoms in total. The Kier molecular flexibility index (Phi) is 2.86. The third-order valence-corrected chi connectivity index (χ3v) is 11.1. The molecule has 0 aliphatic heterocycles. The zero-order valence-corrected chi connectivity index (χ0v) is 14.3. The van der Waals surface area contributed by atoms with Gasteiger partial charge < -0.3 is 9.53 Å². The lowest BCUT2D eigenvalue weighted by molar-refractivity contribution is -0.0684. The molecule has 0 aromatic heterocycles. The van der Waals surface area contributed by atoms with Gasteiger partial charge in [0.25, 0.3) is 0 Å². The van der Waals surface area contributed by atoms with Crippen LogP contribution in [0.25, 0.3) is 0 Å². The average molecular weight is 282 g/mol. The molecule has 0 saturated heterocycles. The minimum Gasteiger partial charge on any atom is -0.411 e. The van der Waals surface area contributed by atoms with Crippen molar-refractivity contribution in [3.63, 3.8) is 0 Å². The molecule has 4 atom stereocenters. The van der Waals surface area contributed by atoms with Crippen molar-refractivity contribution in [3.05, 3.63) is 0 Å². The van der Waals surface area contributed by atoms with Gasteiger partial charge in [0.05, 0.1) is 11.2 Å². The molecule has 0 aromatic carbocycles. The van der Waals surface area contributed by atoms with Crippen LogP contribution in [-0.2, 0) is 4.43 Å². The van der Waals surface area contributed by atoms with E-state index in [1.807, 2.05) is 0 Å². The van der Waals surface area contributed by atoms with Gasteiger partial charge in [0.2, 0.25) is 0 Å². The molecule has 110 valence electrons. The minimum atomic E-state index is -1.74. The molecule has 0 aromatic rings. The Bertz CT molecular complexity index is 387. The first-order valence-corrected chi connectivity index (χ1v) is 10.9. The predicted octanol–water partition coefficient (Wildman–Crippen LogP) is 4.09. The molecule has 0 unspecified atom stereocenters. The highest BCUT2D eigenvalue weighted by atomic mass is 28.4. The van der Waals surface area contributed by atoms with Crippen LogP contribution in [0.5, 0.6) is 0 Å². The summed E-state index contributed by atoms with van der Waals surface area (Å²) in [6.07, 6.45) is 7.10. The first-order valence-electron chi connectivity index (χ1n) is 8.03. The van der Waals surface area contributed by atoms with E-state index in [4.69, 9.17) is 4.43 Å². The summed E-state index contributed by atoms with van der Waals surface area (Å²) in [6, 6.07) is 0. The third kappa shape index (κ3) is 1.96. The highest BCUT2D eigenvalue weighted by Crippen LogP contribution is 2.68. The van der Waals surface area contributed by atoms with Crippen LogP contribution in [0.1, 0.15) is 59.3 Å². The zero-order chi connectivity index (χ0) is 14.1. The van der Waals surface area contributed by atoms with Crippen LogP contribution in [-0.4, -0.2) is 24.6 Å². The van der Waals surface area contributed by atoms with Gasteiger partial charge in [-0.3, -0.25) is 0 Å². The Hall–Kier alpha value is 0.137. The second kappa shape index (κ2) is 3.86. The minimum absolute atomic E-state index is 0.0267. The molecular weight excluding hydrogens is 252 g/mol. The lowest BCUT2D eigenvalue weighted by Crippen LogP contribution is -2.54. The van der Waals surface area contributed by atoms with Gasteiger partial charge in [0.1, 0.15) is 0 Å². The van der Waals surface area contributed by atoms with Crippen molar-refractivity contribution < 1.29 is 9.53 Å². The molecule has 0 heterocycles. The lowest BCUT2D eigenvalue weighted by Gasteiger charge is -2.50. The van der Waals surface area contributed by atoms with Crippen LogP contribution in [0.3, 0.4) is 0 Å². The maximum absolute atomic E-state index is 10.8. The first-order chi connectivity index (χ1) is 8.61. The van der Waals surface area contributed by atoms with Crippen molar-refractivity contribution in [2.75, 3.05) is 0 Å². The van der Waals surface area contributed by atoms with Crippen molar-refractivity contribution in [2.24, 2.45) is 11.8 Å². The van der Waals surface area contributed by atoms with Crippen molar-refractivity contribution in [1.82, 2.24) is 0 Å². The molecule has 3 rings (SSSR count). The Morgan fingerprint density at radius 3 is 2.47 bits per heavy atom. The highest BCUT2D eigenvalue weighted by Gasteiger charge is 2.72. The number of fused-ring (bicyclic) bond motifs is 3. The summed E-state index contributed by atoms with van der Waals surface area (Å²) >= 11 is 0. The molecule has 3 saturated carbocycles. The smallest absolute Gasteiger partial charge is 0.192 e. The van der Waals surface area contributed by atoms with Crippen LogP contribution in [0, 0.1) is 11.8 Å². The first kappa shape index (κ1) is 14.1. The molecule has 3 aliphatic carbocycles. The molecule has 1 N–H and O–H groups in total. The molecule has 0 radical (unpaired) electrons. The third-order valence-electron chi connectivity index (χ3n) is 6.56. The fourth-order valence-corrected chi connectivity index (χ4v) is 6.06. The summed E-state index contributed by atoms with van der Waals surface area (Å²) in [7, 11) is -1.74. The van der Waals surface area contributed by atoms with E-state index in [0.29, 0.717) is 11.8 Å². The van der Waals surface area contributed by atoms with Crippen LogP contribution < -0.4 is 0 Å². The molecule has 19 heavy (non-hydrogen) atoms. The standard InChI is InChI=1S/C16H30O2Si/c1-14(2,3)19(4,5)18-15-9-7-6-8-13(15)16(17)11-12(16)10-15/h12-13,17H,6-11H2,1-5H3/t12-,13+,15-,16-/m1/s1. The maximum Gasteiger partial charge on any atom is 0.192 e. The van der Waals surface area contributed by atoms with Crippen molar-refractivity contribution in [1.29, 1.82) is 0 Å². The van der Waals surface area contributed by atoms with E-state index >= 15 is 0 Å². The number of hydrogen-bond donors (Lipinski definition) is 1. The van der Waals surface area contributed by atoms with Crippen molar-refractivity contribution >= 4 is 8.32 Å². The lowest BCUT2D eigenvalue weighted by atomic mass is 9.74. The second-order valence-electron chi connectivity index (χ2n) is 8.82. The molecule has 0 spiro atoms. The van der Waals surface area contributed by atoms with Gasteiger partial charge in [0.15, 0.2) is 8.32 Å². The van der Waals surface area contributed by atoms with Gasteiger partial charge >= 0.3 is 0 Å². The SMILES string of the molecule is CC(C)(C)[Si](C)(C)O[C@@]12CCCC[C@@H]1[C@@]1(O)C[C@H]1C2. The summed E-state index contributed by atoms with van der Waals surface area (Å²) in [5.74, 6) is 0.966. The second-order valence-corrected chi connectivity index (χ2v) is 13.5. The normalized spacial score (nSPS) is 45.8. The largest absolute Gasteiger partial charge is 0.411 e. The van der Waals surface area contributed by atoms with Gasteiger partial charge in [-0.2, -0.15) is 0 Å². The summed E-state index contributed by atoms with van der Waals surface area (Å²) in [4.78, 5) is 0. The van der Waals surface area contributed by atoms with Gasteiger partial charge in [-0.15, -0.1) is 0 Å². The Balaban J connectivity index is 1.86. The molecule has 0 amide bonds. The van der Waals surface area contributed by atoms with E-state index in [0.717, 1.165) is 12.8 Å². The number of aliphatic hydroxyl groups is 1. The highest BCUT2D eigenvalue weighted by molar-refractivity contribution is 6.74. The summed E-state index contributed by atoms with van der Waals surface area (Å²) in [5, 5.41) is 11.0. The van der Waals surface area contributed by atoms with E-state index < -0.39 is 8.32 Å². The fraction of sp³-hybridized carbons (Fsp3) is 1.00. The predicted molar refractivity (Wildman–Crippen MR) is 80.6 cm³/mol. The molecule has 3 heteroatoms. The summed E-state index contributed by atoms with van der Waals surface area (Å²) < 4.78 is 6.90. The fourth-order valence-electron chi connectivity index (χ4n) is 4.41. The van der Waals surface area contributed by atoms with E-state index in [2.05, 4.69) is 33.9 Å². The van der Waals surface area contributed by atoms with Crippen molar-refractivity contribution in [3.8, 4) is 0 Å². The zero-order valence-electron chi connectivity index (χ0n) is 13.3. The van der Waals surface area contributed by atoms with E-state index in [1.54, 1.807) is 0 Å². The molecule has 3 aliphatic rings. The average Bonchev–Trinajstić information content (AvgIpc) is 2.81. The van der Waals surface area contributed by atoms with Gasteiger partial charge in [-0.05, 0) is 49.7 Å². The van der Waals surface area contributed by atoms with Crippen LogP contribution in [0.2, 0.25) is 18.1 Å². The van der Waals surface area contributed by atoms with Gasteiger partial charge in [-0.1, -0.05) is 33.6 Å². The number of hydrogen-bond acceptors (Lipinski definition) is 2. The van der Waals surface area contributed by atoms with Crippen LogP contribution >= 0.6 is 0 Å². The monoisotopic (exact) mass is 282 g/mol. The van der Waals surface area contributed by atoms with Crippen LogP contribution in [0.15, 0.2) is 0 Å². The maximum atomic E-state index is 10.8. The van der Waals surface area contributed by atoms with Gasteiger partial charge in [-0.25, -0.2) is 0 Å². The molecular formula is C16H30O2Si. The van der Waals surface area contributed by atoms with Crippen molar-refractivity contribution in [2.45, 2.75) is 88.6 Å². The van der Waals surface area contributed by atoms with E-state index in [-0.39, 0.29) is 16.2 Å². The summed E-state index contributed by atoms with van der Waals surface area (Å²) in [5.41, 5.74) is -0.318. The Morgan fingerprint density at radius 1 is 1.16 bits per heavy atom. The topological polar surface area (TPSA) is 29.5 Å². The quantitative estimate of drug-likeness (QED) is 0.773.